The first-order valence-electron chi connectivity index (χ1n) is 5.58. The van der Waals surface area contributed by atoms with Crippen molar-refractivity contribution in [1.82, 2.24) is 0 Å². The van der Waals surface area contributed by atoms with Gasteiger partial charge in [0.05, 0.1) is 0 Å². The number of hydrogen-bond acceptors (Lipinski definition) is 3. The highest BCUT2D eigenvalue weighted by Crippen LogP contribution is 2.13. The van der Waals surface area contributed by atoms with Gasteiger partial charge in [0.1, 0.15) is 0 Å². The Balaban J connectivity index is 2.51. The number of Topliss-reactive ketones (excluding diaryl/α,β-unsaturated/α-hetero) is 1. The van der Waals surface area contributed by atoms with E-state index in [1.165, 1.54) is 0 Å². The number of nitrogens with one attached hydrogen (secondary N) is 1. The van der Waals surface area contributed by atoms with Crippen LogP contribution in [0, 0.1) is 0 Å². The first kappa shape index (κ1) is 13.1. The van der Waals surface area contributed by atoms with Crippen LogP contribution in [0.5, 0.6) is 0 Å². The van der Waals surface area contributed by atoms with Crippen LogP contribution in [0.4, 0.5) is 5.69 Å². The standard InChI is InChI=1S/C13H19NOS/c1-4-16-9-10(2)14-13-7-5-12(6-8-13)11(3)15/h5-8,10,14H,4,9H2,1-3H3. The SMILES string of the molecule is CCSCC(C)Nc1ccc(C(C)=O)cc1. The maximum Gasteiger partial charge on any atom is 0.159 e. The summed E-state index contributed by atoms with van der Waals surface area (Å²) in [4.78, 5) is 11.1. The van der Waals surface area contributed by atoms with Crippen molar-refractivity contribution in [1.29, 1.82) is 0 Å². The fourth-order valence-electron chi connectivity index (χ4n) is 1.42. The van der Waals surface area contributed by atoms with E-state index in [2.05, 4.69) is 19.2 Å². The van der Waals surface area contributed by atoms with Crippen LogP contribution in [0.3, 0.4) is 0 Å². The minimum absolute atomic E-state index is 0.112. The predicted octanol–water partition coefficient (Wildman–Crippen LogP) is 3.44. The highest BCUT2D eigenvalue weighted by molar-refractivity contribution is 7.99. The molecular weight excluding hydrogens is 218 g/mol. The zero-order valence-electron chi connectivity index (χ0n) is 10.1. The highest BCUT2D eigenvalue weighted by atomic mass is 32.2. The molecule has 16 heavy (non-hydrogen) atoms. The number of carbonyl (C=O) groups is 1. The summed E-state index contributed by atoms with van der Waals surface area (Å²) < 4.78 is 0. The summed E-state index contributed by atoms with van der Waals surface area (Å²) in [5.41, 5.74) is 1.84. The van der Waals surface area contributed by atoms with Gasteiger partial charge in [-0.3, -0.25) is 4.79 Å². The maximum atomic E-state index is 11.1. The van der Waals surface area contributed by atoms with Crippen molar-refractivity contribution in [3.63, 3.8) is 0 Å². The third-order valence-corrected chi connectivity index (χ3v) is 3.42. The first-order chi connectivity index (χ1) is 7.63. The van der Waals surface area contributed by atoms with E-state index in [1.54, 1.807) is 6.92 Å². The molecule has 0 aliphatic rings. The van der Waals surface area contributed by atoms with Crippen molar-refractivity contribution in [3.05, 3.63) is 29.8 Å². The quantitative estimate of drug-likeness (QED) is 0.768. The molecule has 1 rings (SSSR count). The van der Waals surface area contributed by atoms with Crippen LogP contribution < -0.4 is 5.32 Å². The van der Waals surface area contributed by atoms with Crippen LogP contribution in [-0.4, -0.2) is 23.3 Å². The Morgan fingerprint density at radius 3 is 2.50 bits per heavy atom. The molecule has 1 aromatic carbocycles. The van der Waals surface area contributed by atoms with Gasteiger partial charge in [0.25, 0.3) is 0 Å². The zero-order valence-corrected chi connectivity index (χ0v) is 10.9. The summed E-state index contributed by atoms with van der Waals surface area (Å²) >= 11 is 1.93. The highest BCUT2D eigenvalue weighted by Gasteiger charge is 2.02. The number of rotatable bonds is 6. The van der Waals surface area contributed by atoms with E-state index >= 15 is 0 Å². The molecule has 88 valence electrons. The molecular formula is C13H19NOS. The second kappa shape index (κ2) is 6.59. The van der Waals surface area contributed by atoms with E-state index in [0.29, 0.717) is 6.04 Å². The van der Waals surface area contributed by atoms with Gasteiger partial charge in [0.2, 0.25) is 0 Å². The molecule has 0 bridgehead atoms. The van der Waals surface area contributed by atoms with Gasteiger partial charge in [-0.15, -0.1) is 0 Å². The molecule has 0 amide bonds. The molecule has 3 heteroatoms. The minimum Gasteiger partial charge on any atom is -0.382 e. The molecule has 0 aliphatic carbocycles. The van der Waals surface area contributed by atoms with Crippen LogP contribution in [0.1, 0.15) is 31.1 Å². The molecule has 1 aromatic rings. The molecule has 0 heterocycles. The summed E-state index contributed by atoms with van der Waals surface area (Å²) in [6.45, 7) is 5.92. The van der Waals surface area contributed by atoms with E-state index in [-0.39, 0.29) is 5.78 Å². The Kier molecular flexibility index (Phi) is 5.39. The van der Waals surface area contributed by atoms with Gasteiger partial charge in [0.15, 0.2) is 5.78 Å². The van der Waals surface area contributed by atoms with E-state index in [9.17, 15) is 4.79 Å². The van der Waals surface area contributed by atoms with E-state index in [4.69, 9.17) is 0 Å². The fourth-order valence-corrected chi connectivity index (χ4v) is 2.09. The fraction of sp³-hybridized carbons (Fsp3) is 0.462. The number of benzene rings is 1. The lowest BCUT2D eigenvalue weighted by atomic mass is 10.1. The smallest absolute Gasteiger partial charge is 0.159 e. The second-order valence-electron chi connectivity index (χ2n) is 3.84. The molecule has 0 saturated heterocycles. The van der Waals surface area contributed by atoms with Crippen molar-refractivity contribution in [2.75, 3.05) is 16.8 Å². The predicted molar refractivity (Wildman–Crippen MR) is 72.5 cm³/mol. The van der Waals surface area contributed by atoms with Crippen molar-refractivity contribution in [3.8, 4) is 0 Å². The Morgan fingerprint density at radius 2 is 2.00 bits per heavy atom. The summed E-state index contributed by atoms with van der Waals surface area (Å²) in [7, 11) is 0. The van der Waals surface area contributed by atoms with Gasteiger partial charge >= 0.3 is 0 Å². The molecule has 1 N–H and O–H groups in total. The average molecular weight is 237 g/mol. The first-order valence-corrected chi connectivity index (χ1v) is 6.74. The van der Waals surface area contributed by atoms with Gasteiger partial charge in [-0.05, 0) is 43.9 Å². The number of hydrogen-bond donors (Lipinski definition) is 1. The number of carbonyl (C=O) groups excluding carboxylic acids is 1. The van der Waals surface area contributed by atoms with Gasteiger partial charge in [0, 0.05) is 23.0 Å². The molecule has 1 atom stereocenters. The summed E-state index contributed by atoms with van der Waals surface area (Å²) in [6, 6.07) is 8.11. The Hall–Kier alpha value is -0.960. The van der Waals surface area contributed by atoms with Crippen molar-refractivity contribution in [2.24, 2.45) is 0 Å². The van der Waals surface area contributed by atoms with Crippen molar-refractivity contribution >= 4 is 23.2 Å². The van der Waals surface area contributed by atoms with Crippen LogP contribution in [0.2, 0.25) is 0 Å². The van der Waals surface area contributed by atoms with Crippen LogP contribution in [0.15, 0.2) is 24.3 Å². The van der Waals surface area contributed by atoms with Crippen LogP contribution in [0.25, 0.3) is 0 Å². The van der Waals surface area contributed by atoms with Gasteiger partial charge in [-0.25, -0.2) is 0 Å². The van der Waals surface area contributed by atoms with Crippen LogP contribution in [-0.2, 0) is 0 Å². The third-order valence-electron chi connectivity index (χ3n) is 2.28. The molecule has 0 radical (unpaired) electrons. The van der Waals surface area contributed by atoms with Crippen LogP contribution >= 0.6 is 11.8 Å². The van der Waals surface area contributed by atoms with Gasteiger partial charge < -0.3 is 5.32 Å². The second-order valence-corrected chi connectivity index (χ2v) is 5.16. The molecule has 1 unspecified atom stereocenters. The minimum atomic E-state index is 0.112. The van der Waals surface area contributed by atoms with Crippen molar-refractivity contribution in [2.45, 2.75) is 26.8 Å². The largest absolute Gasteiger partial charge is 0.382 e. The lowest BCUT2D eigenvalue weighted by Gasteiger charge is -2.14. The Morgan fingerprint density at radius 1 is 1.38 bits per heavy atom. The molecule has 0 saturated carbocycles. The Bertz CT molecular complexity index is 334. The average Bonchev–Trinajstić information content (AvgIpc) is 2.27. The van der Waals surface area contributed by atoms with E-state index in [0.717, 1.165) is 22.8 Å². The monoisotopic (exact) mass is 237 g/mol. The molecule has 2 nitrogen and oxygen atoms in total. The van der Waals surface area contributed by atoms with Crippen molar-refractivity contribution < 1.29 is 4.79 Å². The summed E-state index contributed by atoms with van der Waals surface area (Å²) in [5.74, 6) is 2.36. The zero-order chi connectivity index (χ0) is 12.0. The van der Waals surface area contributed by atoms with E-state index < -0.39 is 0 Å². The lowest BCUT2D eigenvalue weighted by Crippen LogP contribution is -2.17. The Labute approximate surface area is 102 Å². The molecule has 0 fully saturated rings. The van der Waals surface area contributed by atoms with Gasteiger partial charge in [-0.2, -0.15) is 11.8 Å². The van der Waals surface area contributed by atoms with Gasteiger partial charge in [-0.1, -0.05) is 6.92 Å². The number of anilines is 1. The topological polar surface area (TPSA) is 29.1 Å². The summed E-state index contributed by atoms with van der Waals surface area (Å²) in [5, 5.41) is 3.41. The number of ketones is 1. The summed E-state index contributed by atoms with van der Waals surface area (Å²) in [6.07, 6.45) is 0. The lowest BCUT2D eigenvalue weighted by molar-refractivity contribution is 0.101. The van der Waals surface area contributed by atoms with E-state index in [1.807, 2.05) is 36.0 Å². The molecule has 0 aliphatic heterocycles. The molecule has 0 spiro atoms. The molecule has 0 aromatic heterocycles. The number of thioether (sulfide) groups is 1. The normalized spacial score (nSPS) is 12.2. The third kappa shape index (κ3) is 4.27. The maximum absolute atomic E-state index is 11.1.